The second-order valence-electron chi connectivity index (χ2n) is 1.25. The standard InChI is InChI=1S/C4H6N3O/c1-3-7-5-4(2)8-6-7/h3H,2H2,1H3/q+1. The third-order valence-electron chi connectivity index (χ3n) is 0.675. The molecule has 0 saturated heterocycles. The van der Waals surface area contributed by atoms with Crippen molar-refractivity contribution in [3.8, 4) is 0 Å². The van der Waals surface area contributed by atoms with Crippen molar-refractivity contribution in [1.82, 2.24) is 10.4 Å². The molecule has 0 aliphatic rings. The molecule has 0 aliphatic heterocycles. The highest BCUT2D eigenvalue weighted by Crippen LogP contribution is 1.42. The highest BCUT2D eigenvalue weighted by atomic mass is 16.5. The van der Waals surface area contributed by atoms with Crippen LogP contribution in [0.1, 0.15) is 6.92 Å². The van der Waals surface area contributed by atoms with E-state index in [-0.39, 0.29) is 0 Å². The molecule has 0 saturated carbocycles. The minimum atomic E-state index is 0.322. The van der Waals surface area contributed by atoms with Crippen molar-refractivity contribution < 1.29 is 9.00 Å². The Hall–Kier alpha value is -1.19. The minimum Gasteiger partial charge on any atom is -0.109 e. The zero-order valence-corrected chi connectivity index (χ0v) is 4.53. The van der Waals surface area contributed by atoms with Gasteiger partial charge in [0.25, 0.3) is 0 Å². The summed E-state index contributed by atoms with van der Waals surface area (Å²) in [6, 6.07) is 0. The summed E-state index contributed by atoms with van der Waals surface area (Å²) in [5.41, 5.74) is 0.322. The van der Waals surface area contributed by atoms with E-state index in [9.17, 15) is 0 Å². The van der Waals surface area contributed by atoms with Crippen LogP contribution in [0.2, 0.25) is 0 Å². The molecule has 1 heterocycles. The van der Waals surface area contributed by atoms with Gasteiger partial charge < -0.3 is 0 Å². The van der Waals surface area contributed by atoms with Gasteiger partial charge in [-0.3, -0.25) is 0 Å². The molecule has 4 heteroatoms. The molecular formula is C4H6N3O+. The fourth-order valence-corrected chi connectivity index (χ4v) is 0.345. The van der Waals surface area contributed by atoms with Crippen LogP contribution in [0, 0.1) is 6.21 Å². The van der Waals surface area contributed by atoms with Crippen molar-refractivity contribution in [3.05, 3.63) is 11.8 Å². The van der Waals surface area contributed by atoms with Crippen LogP contribution < -0.4 is 15.1 Å². The van der Waals surface area contributed by atoms with Gasteiger partial charge in [-0.25, -0.2) is 0 Å². The maximum atomic E-state index is 4.51. The van der Waals surface area contributed by atoms with Gasteiger partial charge in [0, 0.05) is 13.5 Å². The molecule has 1 aromatic heterocycles. The first-order valence-corrected chi connectivity index (χ1v) is 2.20. The van der Waals surface area contributed by atoms with Gasteiger partial charge in [-0.15, -0.1) is 4.52 Å². The third kappa shape index (κ3) is 0.726. The highest BCUT2D eigenvalue weighted by molar-refractivity contribution is 4.75. The van der Waals surface area contributed by atoms with Crippen molar-refractivity contribution in [3.63, 3.8) is 0 Å². The Balaban J connectivity index is 3.41. The van der Waals surface area contributed by atoms with Crippen molar-refractivity contribution >= 4 is 6.58 Å². The zero-order chi connectivity index (χ0) is 5.98. The Kier molecular flexibility index (Phi) is 1.07. The summed E-state index contributed by atoms with van der Waals surface area (Å²) in [4.78, 5) is 0. The number of aromatic nitrogens is 3. The van der Waals surface area contributed by atoms with Crippen LogP contribution in [0.4, 0.5) is 0 Å². The second-order valence-corrected chi connectivity index (χ2v) is 1.25. The molecule has 42 valence electrons. The molecule has 0 aliphatic carbocycles. The molecule has 0 bridgehead atoms. The molecule has 8 heavy (non-hydrogen) atoms. The van der Waals surface area contributed by atoms with Crippen LogP contribution in [0.3, 0.4) is 0 Å². The SMILES string of the molecule is C=c1[n-][n+](=CC)n[o+]1. The molecule has 1 rings (SSSR count). The molecule has 0 fully saturated rings. The van der Waals surface area contributed by atoms with Gasteiger partial charge in [0.05, 0.1) is 0 Å². The fraction of sp³-hybridized carbons (Fsp3) is 0.250. The first-order valence-electron chi connectivity index (χ1n) is 2.20. The first-order chi connectivity index (χ1) is 3.83. The topological polar surface area (TPSA) is 44.2 Å². The average molecular weight is 112 g/mol. The molecule has 0 spiro atoms. The van der Waals surface area contributed by atoms with Crippen molar-refractivity contribution in [2.45, 2.75) is 6.92 Å². The Morgan fingerprint density at radius 1 is 2.00 bits per heavy atom. The van der Waals surface area contributed by atoms with Crippen LogP contribution in [-0.2, 0) is 0 Å². The lowest BCUT2D eigenvalue weighted by Gasteiger charge is -1.53. The molecule has 0 atom stereocenters. The maximum absolute atomic E-state index is 4.51. The quantitative estimate of drug-likeness (QED) is 0.307. The van der Waals surface area contributed by atoms with Crippen LogP contribution in [0.15, 0.2) is 4.52 Å². The van der Waals surface area contributed by atoms with Gasteiger partial charge in [-0.2, -0.15) is 0 Å². The smallest absolute Gasteiger partial charge is 0.109 e. The molecule has 4 nitrogen and oxygen atoms in total. The summed E-state index contributed by atoms with van der Waals surface area (Å²) < 4.78 is 5.82. The third-order valence-corrected chi connectivity index (χ3v) is 0.675. The van der Waals surface area contributed by atoms with Crippen LogP contribution in [0.25, 0.3) is 6.58 Å². The van der Waals surface area contributed by atoms with Gasteiger partial charge >= 0.3 is 5.55 Å². The summed E-state index contributed by atoms with van der Waals surface area (Å²) in [5, 5.41) is 7.15. The van der Waals surface area contributed by atoms with Crippen LogP contribution in [-0.4, -0.2) is 5.27 Å². The normalized spacial score (nSPS) is 12.4. The van der Waals surface area contributed by atoms with E-state index < -0.39 is 0 Å². The molecule has 1 aromatic rings. The Bertz CT molecular complexity index is 263. The van der Waals surface area contributed by atoms with Crippen molar-refractivity contribution in [1.29, 1.82) is 0 Å². The van der Waals surface area contributed by atoms with E-state index in [1.54, 1.807) is 13.1 Å². The number of rotatable bonds is 0. The Morgan fingerprint density at radius 3 is 3.00 bits per heavy atom. The zero-order valence-electron chi connectivity index (χ0n) is 4.53. The maximum Gasteiger partial charge on any atom is 0.425 e. The summed E-state index contributed by atoms with van der Waals surface area (Å²) in [6.07, 6.45) is 1.66. The Labute approximate surface area is 45.7 Å². The lowest BCUT2D eigenvalue weighted by Crippen LogP contribution is -2.26. The van der Waals surface area contributed by atoms with Crippen molar-refractivity contribution in [2.24, 2.45) is 0 Å². The Morgan fingerprint density at radius 2 is 2.75 bits per heavy atom. The summed E-state index contributed by atoms with van der Waals surface area (Å²) in [6.45, 7) is 5.21. The average Bonchev–Trinajstić information content (AvgIpc) is 2.14. The van der Waals surface area contributed by atoms with Crippen LogP contribution in [0.5, 0.6) is 0 Å². The minimum absolute atomic E-state index is 0.322. The van der Waals surface area contributed by atoms with E-state index in [0.29, 0.717) is 5.55 Å². The first kappa shape index (κ1) is 4.96. The van der Waals surface area contributed by atoms with Gasteiger partial charge in [0.1, 0.15) is 0 Å². The summed E-state index contributed by atoms with van der Waals surface area (Å²) in [7, 11) is 0. The molecular weight excluding hydrogens is 106 g/mol. The predicted octanol–water partition coefficient (Wildman–Crippen LogP) is -1.36. The van der Waals surface area contributed by atoms with E-state index in [1.807, 2.05) is 0 Å². The summed E-state index contributed by atoms with van der Waals surface area (Å²) >= 11 is 0. The number of hydrogen-bond acceptors (Lipinski definition) is 1. The lowest BCUT2D eigenvalue weighted by atomic mass is 10.9. The van der Waals surface area contributed by atoms with E-state index >= 15 is 0 Å². The fourth-order valence-electron chi connectivity index (χ4n) is 0.345. The lowest BCUT2D eigenvalue weighted by molar-refractivity contribution is -0.652. The summed E-state index contributed by atoms with van der Waals surface area (Å²) in [5.74, 6) is 0. The second kappa shape index (κ2) is 1.73. The molecule has 0 unspecified atom stereocenters. The molecule has 0 radical (unpaired) electrons. The van der Waals surface area contributed by atoms with Gasteiger partial charge in [-0.1, -0.05) is 5.10 Å². The van der Waals surface area contributed by atoms with Gasteiger partial charge in [0.2, 0.25) is 5.27 Å². The van der Waals surface area contributed by atoms with Gasteiger partial charge in [0.15, 0.2) is 6.21 Å². The molecule has 0 aromatic carbocycles. The van der Waals surface area contributed by atoms with E-state index in [2.05, 4.69) is 21.5 Å². The number of hydrogen-bond donors (Lipinski definition) is 0. The predicted molar refractivity (Wildman–Crippen MR) is 24.9 cm³/mol. The van der Waals surface area contributed by atoms with Crippen LogP contribution >= 0.6 is 0 Å². The van der Waals surface area contributed by atoms with Crippen molar-refractivity contribution in [2.75, 3.05) is 0 Å². The van der Waals surface area contributed by atoms with E-state index in [0.717, 1.165) is 0 Å². The van der Waals surface area contributed by atoms with Gasteiger partial charge in [-0.05, 0) is 4.47 Å². The number of nitrogens with zero attached hydrogens (tertiary/aromatic N) is 3. The molecule has 0 N–H and O–H groups in total. The largest absolute Gasteiger partial charge is 0.425 e. The van der Waals surface area contributed by atoms with E-state index in [4.69, 9.17) is 0 Å². The monoisotopic (exact) mass is 112 g/mol. The highest BCUT2D eigenvalue weighted by Gasteiger charge is 1.90. The molecule has 0 amide bonds. The van der Waals surface area contributed by atoms with E-state index in [1.165, 1.54) is 4.47 Å².